The summed E-state index contributed by atoms with van der Waals surface area (Å²) in [5.41, 5.74) is -0.130. The lowest BCUT2D eigenvalue weighted by Crippen LogP contribution is -2.52. The summed E-state index contributed by atoms with van der Waals surface area (Å²) in [7, 11) is 1.21. The molecule has 2 unspecified atom stereocenters. The maximum atomic E-state index is 13.8. The van der Waals surface area contributed by atoms with Gasteiger partial charge < -0.3 is 34.3 Å². The maximum absolute atomic E-state index is 13.8. The molecule has 0 radical (unpaired) electrons. The first-order valence-electron chi connectivity index (χ1n) is 20.7. The Hall–Kier alpha value is -6.90. The number of guanidine groups is 1. The summed E-state index contributed by atoms with van der Waals surface area (Å²) < 4.78 is 28.0. The predicted octanol–water partition coefficient (Wildman–Crippen LogP) is 7.90. The number of alkyl carbamates (subject to hydrolysis) is 2. The third kappa shape index (κ3) is 15.2. The molecule has 336 valence electrons. The highest BCUT2D eigenvalue weighted by molar-refractivity contribution is 6.10. The average molecular weight is 866 g/mol. The lowest BCUT2D eigenvalue weighted by atomic mass is 9.92. The highest BCUT2D eigenvalue weighted by atomic mass is 16.6. The molecule has 15 nitrogen and oxygen atoms in total. The Morgan fingerprint density at radius 2 is 1.22 bits per heavy atom. The van der Waals surface area contributed by atoms with Crippen LogP contribution >= 0.6 is 0 Å². The fourth-order valence-electron chi connectivity index (χ4n) is 6.41. The van der Waals surface area contributed by atoms with Crippen LogP contribution in [0, 0.1) is 0 Å². The topological polar surface area (TPSA) is 192 Å². The van der Waals surface area contributed by atoms with Crippen LogP contribution in [-0.4, -0.2) is 86.1 Å². The van der Waals surface area contributed by atoms with Gasteiger partial charge in [-0.3, -0.25) is 25.2 Å². The van der Waals surface area contributed by atoms with Gasteiger partial charge in [0.1, 0.15) is 41.4 Å². The number of carbonyl (C=O) groups is 5. The molecule has 0 aromatic heterocycles. The summed E-state index contributed by atoms with van der Waals surface area (Å²) >= 11 is 0. The zero-order chi connectivity index (χ0) is 46.2. The Labute approximate surface area is 368 Å². The van der Waals surface area contributed by atoms with Crippen molar-refractivity contribution >= 4 is 57.5 Å². The molecule has 0 heterocycles. The molecule has 4 amide bonds. The minimum Gasteiger partial charge on any atom is -0.489 e. The Balaban J connectivity index is 1.57. The number of nitrogens with zero attached hydrogens (tertiary/aromatic N) is 1. The van der Waals surface area contributed by atoms with E-state index in [9.17, 15) is 24.0 Å². The van der Waals surface area contributed by atoms with Crippen LogP contribution in [0.1, 0.15) is 67.2 Å². The average Bonchev–Trinajstić information content (AvgIpc) is 3.22. The van der Waals surface area contributed by atoms with Gasteiger partial charge in [0.25, 0.3) is 5.91 Å². The normalized spacial score (nSPS) is 12.2. The zero-order valence-electron chi connectivity index (χ0n) is 37.1. The van der Waals surface area contributed by atoms with Crippen molar-refractivity contribution in [1.82, 2.24) is 21.3 Å². The fourth-order valence-corrected chi connectivity index (χ4v) is 6.41. The summed E-state index contributed by atoms with van der Waals surface area (Å²) in [6.07, 6.45) is 2.35. The zero-order valence-corrected chi connectivity index (χ0v) is 37.1. The maximum Gasteiger partial charge on any atom is 0.414 e. The van der Waals surface area contributed by atoms with Crippen molar-refractivity contribution in [3.63, 3.8) is 0 Å². The van der Waals surface area contributed by atoms with E-state index in [4.69, 9.17) is 23.7 Å². The number of benzene rings is 4. The van der Waals surface area contributed by atoms with Gasteiger partial charge in [-0.15, -0.1) is 6.58 Å². The molecule has 0 aliphatic carbocycles. The van der Waals surface area contributed by atoms with Gasteiger partial charge in [-0.1, -0.05) is 79.4 Å². The van der Waals surface area contributed by atoms with Gasteiger partial charge >= 0.3 is 18.2 Å². The standard InChI is InChI=1S/C48H59N5O10/c1-10-18-36(43(56)59-9)51-42(55)35(23-16-17-28-49-44(52-45(57)62-47(3,4)5)53-46(58)63-48(6,7)8)50-39(54)30-61-38-27-25-32-20-13-15-22-34(32)41(38)40-33-21-14-12-19-31(33)24-26-37(40)60-29-11-2/h10-15,19-22,24-27,35-36H,1-2,16-18,23,28-30H2,3-9H3,(H,50,54)(H,51,55)(H2,49,52,53,57,58). The van der Waals surface area contributed by atoms with Crippen molar-refractivity contribution in [3.8, 4) is 22.6 Å². The second-order valence-electron chi connectivity index (χ2n) is 16.4. The van der Waals surface area contributed by atoms with Crippen molar-refractivity contribution in [2.24, 2.45) is 4.99 Å². The van der Waals surface area contributed by atoms with Gasteiger partial charge in [0.15, 0.2) is 6.61 Å². The van der Waals surface area contributed by atoms with E-state index < -0.39 is 59.9 Å². The largest absolute Gasteiger partial charge is 0.489 e. The number of carbonyl (C=O) groups excluding carboxylic acids is 5. The van der Waals surface area contributed by atoms with Crippen LogP contribution in [0.5, 0.6) is 11.5 Å². The highest BCUT2D eigenvalue weighted by Crippen LogP contribution is 2.45. The predicted molar refractivity (Wildman–Crippen MR) is 244 cm³/mol. The van der Waals surface area contributed by atoms with Crippen LogP contribution in [0.2, 0.25) is 0 Å². The first kappa shape index (κ1) is 48.8. The Morgan fingerprint density at radius 1 is 0.683 bits per heavy atom. The van der Waals surface area contributed by atoms with Gasteiger partial charge in [0, 0.05) is 17.7 Å². The minimum absolute atomic E-state index is 0.0883. The smallest absolute Gasteiger partial charge is 0.414 e. The van der Waals surface area contributed by atoms with Crippen molar-refractivity contribution in [3.05, 3.63) is 98.1 Å². The number of nitrogens with one attached hydrogen (secondary N) is 4. The minimum atomic E-state index is -1.12. The number of rotatable bonds is 18. The molecule has 0 bridgehead atoms. The molecular weight excluding hydrogens is 807 g/mol. The molecule has 0 saturated heterocycles. The van der Waals surface area contributed by atoms with E-state index in [1.165, 1.54) is 13.2 Å². The number of esters is 1. The van der Waals surface area contributed by atoms with E-state index >= 15 is 0 Å². The molecule has 0 spiro atoms. The summed E-state index contributed by atoms with van der Waals surface area (Å²) in [4.78, 5) is 69.5. The lowest BCUT2D eigenvalue weighted by Gasteiger charge is -2.22. The second kappa shape index (κ2) is 22.8. The molecule has 15 heteroatoms. The summed E-state index contributed by atoms with van der Waals surface area (Å²) in [5.74, 6) is -1.09. The van der Waals surface area contributed by atoms with Gasteiger partial charge in [0.2, 0.25) is 11.9 Å². The summed E-state index contributed by atoms with van der Waals surface area (Å²) in [5, 5.41) is 14.0. The van der Waals surface area contributed by atoms with Crippen LogP contribution in [0.3, 0.4) is 0 Å². The van der Waals surface area contributed by atoms with Gasteiger partial charge in [-0.25, -0.2) is 14.4 Å². The number of unbranched alkanes of at least 4 members (excludes halogenated alkanes) is 1. The van der Waals surface area contributed by atoms with E-state index in [-0.39, 0.29) is 32.0 Å². The van der Waals surface area contributed by atoms with Crippen LogP contribution < -0.4 is 30.7 Å². The summed E-state index contributed by atoms with van der Waals surface area (Å²) in [6.45, 7) is 17.5. The molecular formula is C48H59N5O10. The number of aliphatic imine (C=N–C) groups is 1. The Kier molecular flexibility index (Phi) is 17.6. The molecule has 0 fully saturated rings. The van der Waals surface area contributed by atoms with Crippen LogP contribution in [0.15, 0.2) is 103 Å². The van der Waals surface area contributed by atoms with E-state index in [2.05, 4.69) is 39.4 Å². The van der Waals surface area contributed by atoms with Gasteiger partial charge in [0.05, 0.1) is 7.11 Å². The van der Waals surface area contributed by atoms with Crippen LogP contribution in [0.25, 0.3) is 32.7 Å². The fraction of sp³-hybridized carbons (Fsp3) is 0.375. The number of amides is 4. The van der Waals surface area contributed by atoms with E-state index in [1.807, 2.05) is 66.7 Å². The number of ether oxygens (including phenoxy) is 5. The Bertz CT molecular complexity index is 2280. The van der Waals surface area contributed by atoms with Crippen LogP contribution in [0.4, 0.5) is 9.59 Å². The number of hydrogen-bond acceptors (Lipinski definition) is 11. The van der Waals surface area contributed by atoms with Crippen molar-refractivity contribution < 1.29 is 47.7 Å². The quantitative estimate of drug-likeness (QED) is 0.0191. The van der Waals surface area contributed by atoms with Gasteiger partial charge in [-0.05, 0) is 101 Å². The highest BCUT2D eigenvalue weighted by Gasteiger charge is 2.28. The lowest BCUT2D eigenvalue weighted by molar-refractivity contribution is -0.145. The molecule has 0 saturated carbocycles. The second-order valence-corrected chi connectivity index (χ2v) is 16.4. The van der Waals surface area contributed by atoms with E-state index in [0.29, 0.717) is 24.3 Å². The SMILES string of the molecule is C=CCOc1ccc2ccccc2c1-c1c(OCC(=O)NC(CCCCN=C(NC(=O)OC(C)(C)C)NC(=O)OC(C)(C)C)C(=O)NC(CC=C)C(=O)OC)ccc2ccccc12. The molecule has 4 aromatic carbocycles. The van der Waals surface area contributed by atoms with Crippen molar-refractivity contribution in [1.29, 1.82) is 0 Å². The molecule has 63 heavy (non-hydrogen) atoms. The summed E-state index contributed by atoms with van der Waals surface area (Å²) in [6, 6.07) is 21.2. The first-order chi connectivity index (χ1) is 29.9. The molecule has 4 aromatic rings. The molecule has 0 aliphatic heterocycles. The third-order valence-electron chi connectivity index (χ3n) is 9.01. The third-order valence-corrected chi connectivity index (χ3v) is 9.01. The van der Waals surface area contributed by atoms with Crippen molar-refractivity contribution in [2.75, 3.05) is 26.9 Å². The monoisotopic (exact) mass is 865 g/mol. The number of hydrogen-bond donors (Lipinski definition) is 4. The molecule has 4 N–H and O–H groups in total. The Morgan fingerprint density at radius 3 is 1.73 bits per heavy atom. The van der Waals surface area contributed by atoms with Crippen LogP contribution in [-0.2, 0) is 28.6 Å². The number of methoxy groups -OCH3 is 1. The van der Waals surface area contributed by atoms with Crippen molar-refractivity contribution in [2.45, 2.75) is 90.5 Å². The van der Waals surface area contributed by atoms with E-state index in [0.717, 1.165) is 32.7 Å². The van der Waals surface area contributed by atoms with E-state index in [1.54, 1.807) is 53.7 Å². The number of fused-ring (bicyclic) bond motifs is 2. The van der Waals surface area contributed by atoms with Gasteiger partial charge in [-0.2, -0.15) is 0 Å². The molecule has 2 atom stereocenters. The molecule has 0 aliphatic rings. The first-order valence-corrected chi connectivity index (χ1v) is 20.7. The molecule has 4 rings (SSSR count).